The zero-order valence-electron chi connectivity index (χ0n) is 12.7. The van der Waals surface area contributed by atoms with Crippen LogP contribution in [0, 0.1) is 11.8 Å². The molecule has 4 nitrogen and oxygen atoms in total. The lowest BCUT2D eigenvalue weighted by atomic mass is 9.81. The van der Waals surface area contributed by atoms with Gasteiger partial charge in [-0.2, -0.15) is 0 Å². The van der Waals surface area contributed by atoms with Crippen molar-refractivity contribution < 1.29 is 8.42 Å². The molecule has 0 aromatic carbocycles. The van der Waals surface area contributed by atoms with Gasteiger partial charge in [-0.05, 0) is 44.1 Å². The molecule has 3 unspecified atom stereocenters. The van der Waals surface area contributed by atoms with Gasteiger partial charge in [0.05, 0.1) is 5.75 Å². The Morgan fingerprint density at radius 2 is 2.00 bits per heavy atom. The van der Waals surface area contributed by atoms with Crippen LogP contribution in [0.15, 0.2) is 0 Å². The van der Waals surface area contributed by atoms with Crippen molar-refractivity contribution >= 4 is 10.0 Å². The van der Waals surface area contributed by atoms with Crippen LogP contribution in [-0.2, 0) is 10.0 Å². The summed E-state index contributed by atoms with van der Waals surface area (Å²) in [5, 5.41) is 3.30. The van der Waals surface area contributed by atoms with Crippen LogP contribution in [-0.4, -0.2) is 33.3 Å². The first-order chi connectivity index (χ1) is 9.55. The molecule has 20 heavy (non-hydrogen) atoms. The van der Waals surface area contributed by atoms with E-state index in [2.05, 4.69) is 17.0 Å². The number of rotatable bonds is 6. The zero-order valence-corrected chi connectivity index (χ0v) is 13.6. The Morgan fingerprint density at radius 3 is 2.70 bits per heavy atom. The molecule has 1 saturated heterocycles. The average Bonchev–Trinajstić information content (AvgIpc) is 2.39. The lowest BCUT2D eigenvalue weighted by Crippen LogP contribution is -2.43. The molecule has 5 heteroatoms. The molecule has 2 aliphatic rings. The molecule has 2 fully saturated rings. The Bertz CT molecular complexity index is 377. The standard InChI is InChI=1S/C15H30N2O2S/c1-13-5-4-6-14(11-13)8-10-17-20(18,19)12-15-7-2-3-9-16-15/h13-17H,2-12H2,1H3. The first kappa shape index (κ1) is 16.2. The number of nitrogens with one attached hydrogen (secondary N) is 2. The van der Waals surface area contributed by atoms with Crippen molar-refractivity contribution in [3.8, 4) is 0 Å². The molecule has 1 heterocycles. The fourth-order valence-electron chi connectivity index (χ4n) is 3.63. The van der Waals surface area contributed by atoms with E-state index in [4.69, 9.17) is 0 Å². The minimum Gasteiger partial charge on any atom is -0.313 e. The van der Waals surface area contributed by atoms with Crippen molar-refractivity contribution in [2.24, 2.45) is 11.8 Å². The van der Waals surface area contributed by atoms with E-state index in [1.54, 1.807) is 0 Å². The first-order valence-corrected chi connectivity index (χ1v) is 9.91. The van der Waals surface area contributed by atoms with Gasteiger partial charge in [-0.25, -0.2) is 13.1 Å². The number of piperidine rings is 1. The normalized spacial score (nSPS) is 32.1. The molecule has 0 amide bonds. The fourth-order valence-corrected chi connectivity index (χ4v) is 4.99. The van der Waals surface area contributed by atoms with Crippen LogP contribution >= 0.6 is 0 Å². The number of hydrogen-bond acceptors (Lipinski definition) is 3. The maximum absolute atomic E-state index is 12.1. The third-order valence-electron chi connectivity index (χ3n) is 4.75. The summed E-state index contributed by atoms with van der Waals surface area (Å²) in [6.45, 7) is 3.89. The van der Waals surface area contributed by atoms with Crippen LogP contribution < -0.4 is 10.0 Å². The summed E-state index contributed by atoms with van der Waals surface area (Å²) in [5.74, 6) is 1.78. The molecule has 2 rings (SSSR count). The molecule has 118 valence electrons. The quantitative estimate of drug-likeness (QED) is 0.791. The molecule has 1 aliphatic heterocycles. The summed E-state index contributed by atoms with van der Waals surface area (Å²) in [6.07, 6.45) is 9.50. The maximum atomic E-state index is 12.1. The second-order valence-electron chi connectivity index (χ2n) is 6.75. The van der Waals surface area contributed by atoms with E-state index < -0.39 is 10.0 Å². The minimum absolute atomic E-state index is 0.149. The highest BCUT2D eigenvalue weighted by atomic mass is 32.2. The largest absolute Gasteiger partial charge is 0.313 e. The van der Waals surface area contributed by atoms with E-state index in [1.165, 1.54) is 32.1 Å². The van der Waals surface area contributed by atoms with Crippen LogP contribution in [0.2, 0.25) is 0 Å². The highest BCUT2D eigenvalue weighted by Gasteiger charge is 2.22. The van der Waals surface area contributed by atoms with E-state index in [9.17, 15) is 8.42 Å². The molecule has 2 N–H and O–H groups in total. The molecule has 0 aromatic rings. The third-order valence-corrected chi connectivity index (χ3v) is 6.24. The highest BCUT2D eigenvalue weighted by molar-refractivity contribution is 7.89. The van der Waals surface area contributed by atoms with Crippen molar-refractivity contribution in [2.45, 2.75) is 64.3 Å². The third kappa shape index (κ3) is 5.70. The summed E-state index contributed by atoms with van der Waals surface area (Å²) in [6, 6.07) is 0.149. The molecule has 0 bridgehead atoms. The molecule has 0 spiro atoms. The topological polar surface area (TPSA) is 58.2 Å². The Balaban J connectivity index is 1.66. The van der Waals surface area contributed by atoms with Gasteiger partial charge in [0, 0.05) is 12.6 Å². The number of sulfonamides is 1. The van der Waals surface area contributed by atoms with E-state index in [0.29, 0.717) is 12.5 Å². The molecule has 1 saturated carbocycles. The van der Waals surface area contributed by atoms with Crippen LogP contribution in [0.5, 0.6) is 0 Å². The second kappa shape index (κ2) is 7.76. The summed E-state index contributed by atoms with van der Waals surface area (Å²) in [7, 11) is -3.11. The van der Waals surface area contributed by atoms with Gasteiger partial charge in [0.2, 0.25) is 10.0 Å². The molecular formula is C15H30N2O2S. The molecular weight excluding hydrogens is 272 g/mol. The van der Waals surface area contributed by atoms with Crippen molar-refractivity contribution in [2.75, 3.05) is 18.8 Å². The zero-order chi connectivity index (χ0) is 14.4. The monoisotopic (exact) mass is 302 g/mol. The van der Waals surface area contributed by atoms with E-state index in [-0.39, 0.29) is 11.8 Å². The van der Waals surface area contributed by atoms with Crippen molar-refractivity contribution in [1.29, 1.82) is 0 Å². The maximum Gasteiger partial charge on any atom is 0.213 e. The molecule has 0 radical (unpaired) electrons. The average molecular weight is 302 g/mol. The Labute approximate surface area is 124 Å². The molecule has 3 atom stereocenters. The van der Waals surface area contributed by atoms with Gasteiger partial charge in [0.25, 0.3) is 0 Å². The van der Waals surface area contributed by atoms with Gasteiger partial charge in [0.15, 0.2) is 0 Å². The van der Waals surface area contributed by atoms with Gasteiger partial charge in [-0.15, -0.1) is 0 Å². The smallest absolute Gasteiger partial charge is 0.213 e. The van der Waals surface area contributed by atoms with Gasteiger partial charge < -0.3 is 5.32 Å². The minimum atomic E-state index is -3.11. The van der Waals surface area contributed by atoms with Crippen LogP contribution in [0.1, 0.15) is 58.3 Å². The summed E-state index contributed by atoms with van der Waals surface area (Å²) in [5.41, 5.74) is 0. The molecule has 0 aromatic heterocycles. The summed E-state index contributed by atoms with van der Waals surface area (Å²) in [4.78, 5) is 0. The van der Waals surface area contributed by atoms with Gasteiger partial charge in [-0.3, -0.25) is 0 Å². The van der Waals surface area contributed by atoms with Gasteiger partial charge >= 0.3 is 0 Å². The van der Waals surface area contributed by atoms with E-state index in [1.807, 2.05) is 0 Å². The highest BCUT2D eigenvalue weighted by Crippen LogP contribution is 2.30. The van der Waals surface area contributed by atoms with Gasteiger partial charge in [-0.1, -0.05) is 32.6 Å². The summed E-state index contributed by atoms with van der Waals surface area (Å²) < 4.78 is 26.9. The Hall–Kier alpha value is -0.130. The Morgan fingerprint density at radius 1 is 1.15 bits per heavy atom. The van der Waals surface area contributed by atoms with Crippen molar-refractivity contribution in [3.05, 3.63) is 0 Å². The lowest BCUT2D eigenvalue weighted by Gasteiger charge is -2.27. The second-order valence-corrected chi connectivity index (χ2v) is 8.60. The van der Waals surface area contributed by atoms with Crippen molar-refractivity contribution in [3.63, 3.8) is 0 Å². The fraction of sp³-hybridized carbons (Fsp3) is 1.00. The number of hydrogen-bond donors (Lipinski definition) is 2. The van der Waals surface area contributed by atoms with Crippen molar-refractivity contribution in [1.82, 2.24) is 10.0 Å². The predicted molar refractivity (Wildman–Crippen MR) is 83.2 cm³/mol. The predicted octanol–water partition coefficient (Wildman–Crippen LogP) is 2.26. The molecule has 1 aliphatic carbocycles. The lowest BCUT2D eigenvalue weighted by molar-refractivity contribution is 0.271. The Kier molecular flexibility index (Phi) is 6.30. The van der Waals surface area contributed by atoms with Crippen LogP contribution in [0.25, 0.3) is 0 Å². The first-order valence-electron chi connectivity index (χ1n) is 8.26. The summed E-state index contributed by atoms with van der Waals surface area (Å²) >= 11 is 0. The van der Waals surface area contributed by atoms with E-state index >= 15 is 0 Å². The van der Waals surface area contributed by atoms with Crippen LogP contribution in [0.3, 0.4) is 0 Å². The van der Waals surface area contributed by atoms with Gasteiger partial charge in [0.1, 0.15) is 0 Å². The SMILES string of the molecule is CC1CCCC(CCNS(=O)(=O)CC2CCCCN2)C1. The van der Waals surface area contributed by atoms with Crippen LogP contribution in [0.4, 0.5) is 0 Å². The van der Waals surface area contributed by atoms with E-state index in [0.717, 1.165) is 31.7 Å².